The Morgan fingerprint density at radius 2 is 2.04 bits per heavy atom. The van der Waals surface area contributed by atoms with Gasteiger partial charge in [-0.3, -0.25) is 4.90 Å². The van der Waals surface area contributed by atoms with Crippen molar-refractivity contribution in [3.8, 4) is 5.69 Å². The molecule has 1 saturated heterocycles. The van der Waals surface area contributed by atoms with Gasteiger partial charge in [-0.05, 0) is 31.2 Å². The molecule has 28 heavy (non-hydrogen) atoms. The number of aromatic nitrogens is 2. The van der Waals surface area contributed by atoms with Crippen LogP contribution in [0.25, 0.3) is 5.69 Å². The predicted octanol–water partition coefficient (Wildman–Crippen LogP) is 2.73. The van der Waals surface area contributed by atoms with Crippen molar-refractivity contribution in [1.29, 1.82) is 0 Å². The molecule has 7 nitrogen and oxygen atoms in total. The Morgan fingerprint density at radius 1 is 1.25 bits per heavy atom. The second-order valence-corrected chi connectivity index (χ2v) is 6.41. The van der Waals surface area contributed by atoms with Crippen molar-refractivity contribution >= 4 is 11.7 Å². The summed E-state index contributed by atoms with van der Waals surface area (Å²) in [6, 6.07) is 4.44. The standard InChI is InChI=1S/C18H22F3N5O2/c19-18(20,21)14-3-1-4-16(11-14)26-13-15(12-23-26)24-17(27)22-5-2-6-25-7-9-28-10-8-25/h1,3-4,11-13H,2,5-10H2,(H2,22,24,27). The first kappa shape index (κ1) is 20.2. The van der Waals surface area contributed by atoms with Crippen molar-refractivity contribution in [2.75, 3.05) is 44.7 Å². The molecule has 1 aromatic heterocycles. The van der Waals surface area contributed by atoms with Crippen LogP contribution in [-0.4, -0.2) is 60.1 Å². The minimum absolute atomic E-state index is 0.258. The van der Waals surface area contributed by atoms with Gasteiger partial charge in [0, 0.05) is 19.6 Å². The van der Waals surface area contributed by atoms with Crippen LogP contribution < -0.4 is 10.6 Å². The van der Waals surface area contributed by atoms with Gasteiger partial charge in [0.1, 0.15) is 0 Å². The summed E-state index contributed by atoms with van der Waals surface area (Å²) in [4.78, 5) is 14.2. The van der Waals surface area contributed by atoms with E-state index in [-0.39, 0.29) is 11.7 Å². The molecule has 152 valence electrons. The number of carbonyl (C=O) groups is 1. The maximum Gasteiger partial charge on any atom is 0.416 e. The number of hydrogen-bond donors (Lipinski definition) is 2. The summed E-state index contributed by atoms with van der Waals surface area (Å²) in [6.45, 7) is 4.69. The molecule has 2 N–H and O–H groups in total. The summed E-state index contributed by atoms with van der Waals surface area (Å²) >= 11 is 0. The van der Waals surface area contributed by atoms with E-state index >= 15 is 0 Å². The first-order valence-corrected chi connectivity index (χ1v) is 8.99. The van der Waals surface area contributed by atoms with Crippen LogP contribution in [0.3, 0.4) is 0 Å². The number of hydrogen-bond acceptors (Lipinski definition) is 4. The molecule has 1 aliphatic rings. The van der Waals surface area contributed by atoms with Gasteiger partial charge in [-0.25, -0.2) is 9.48 Å². The molecule has 2 aromatic rings. The number of nitrogens with one attached hydrogen (secondary N) is 2. The molecule has 0 unspecified atom stereocenters. The number of anilines is 1. The number of nitrogens with zero attached hydrogens (tertiary/aromatic N) is 3. The van der Waals surface area contributed by atoms with E-state index in [0.29, 0.717) is 12.2 Å². The van der Waals surface area contributed by atoms with Crippen LogP contribution in [-0.2, 0) is 10.9 Å². The largest absolute Gasteiger partial charge is 0.416 e. The van der Waals surface area contributed by atoms with Crippen LogP contribution in [0, 0.1) is 0 Å². The van der Waals surface area contributed by atoms with Crippen molar-refractivity contribution in [2.24, 2.45) is 0 Å². The van der Waals surface area contributed by atoms with Crippen LogP contribution in [0.1, 0.15) is 12.0 Å². The summed E-state index contributed by atoms with van der Waals surface area (Å²) in [5, 5.41) is 9.39. The highest BCUT2D eigenvalue weighted by Gasteiger charge is 2.30. The zero-order valence-corrected chi connectivity index (χ0v) is 15.2. The summed E-state index contributed by atoms with van der Waals surface area (Å²) in [5.74, 6) is 0. The quantitative estimate of drug-likeness (QED) is 0.736. The molecule has 1 fully saturated rings. The fraction of sp³-hybridized carbons (Fsp3) is 0.444. The van der Waals surface area contributed by atoms with E-state index in [9.17, 15) is 18.0 Å². The van der Waals surface area contributed by atoms with E-state index in [1.807, 2.05) is 0 Å². The first-order valence-electron chi connectivity index (χ1n) is 8.99. The SMILES string of the molecule is O=C(NCCCN1CCOCC1)Nc1cnn(-c2cccc(C(F)(F)F)c2)c1. The molecule has 0 aliphatic carbocycles. The third-order valence-corrected chi connectivity index (χ3v) is 4.32. The number of rotatable bonds is 6. The molecule has 2 heterocycles. The van der Waals surface area contributed by atoms with Gasteiger partial charge in [-0.15, -0.1) is 0 Å². The predicted molar refractivity (Wildman–Crippen MR) is 97.5 cm³/mol. The van der Waals surface area contributed by atoms with E-state index in [1.165, 1.54) is 29.2 Å². The topological polar surface area (TPSA) is 71.4 Å². The van der Waals surface area contributed by atoms with Crippen LogP contribution in [0.2, 0.25) is 0 Å². The number of morpholine rings is 1. The molecule has 2 amide bonds. The summed E-state index contributed by atoms with van der Waals surface area (Å²) in [7, 11) is 0. The molecular weight excluding hydrogens is 375 g/mol. The maximum absolute atomic E-state index is 12.8. The van der Waals surface area contributed by atoms with Crippen molar-refractivity contribution < 1.29 is 22.7 Å². The lowest BCUT2D eigenvalue weighted by Gasteiger charge is -2.26. The number of halogens is 3. The number of amides is 2. The van der Waals surface area contributed by atoms with Crippen LogP contribution in [0.15, 0.2) is 36.7 Å². The molecule has 0 spiro atoms. The van der Waals surface area contributed by atoms with E-state index in [2.05, 4.69) is 20.6 Å². The van der Waals surface area contributed by atoms with Gasteiger partial charge in [-0.1, -0.05) is 6.07 Å². The lowest BCUT2D eigenvalue weighted by Crippen LogP contribution is -2.38. The first-order chi connectivity index (χ1) is 13.4. The summed E-state index contributed by atoms with van der Waals surface area (Å²) < 4.78 is 45.0. The Hall–Kier alpha value is -2.59. The number of alkyl halides is 3. The fourth-order valence-corrected chi connectivity index (χ4v) is 2.86. The van der Waals surface area contributed by atoms with Crippen molar-refractivity contribution in [3.05, 3.63) is 42.2 Å². The number of carbonyl (C=O) groups excluding carboxylic acids is 1. The number of urea groups is 1. The fourth-order valence-electron chi connectivity index (χ4n) is 2.86. The number of benzene rings is 1. The average molecular weight is 397 g/mol. The highest BCUT2D eigenvalue weighted by atomic mass is 19.4. The van der Waals surface area contributed by atoms with Crippen LogP contribution in [0.4, 0.5) is 23.7 Å². The highest BCUT2D eigenvalue weighted by Crippen LogP contribution is 2.30. The average Bonchev–Trinajstić information content (AvgIpc) is 3.14. The lowest BCUT2D eigenvalue weighted by atomic mass is 10.2. The van der Waals surface area contributed by atoms with E-state index in [4.69, 9.17) is 4.74 Å². The van der Waals surface area contributed by atoms with Gasteiger partial charge >= 0.3 is 12.2 Å². The van der Waals surface area contributed by atoms with Crippen molar-refractivity contribution in [1.82, 2.24) is 20.0 Å². The van der Waals surface area contributed by atoms with Gasteiger partial charge in [0.15, 0.2) is 0 Å². The molecule has 1 aliphatic heterocycles. The minimum Gasteiger partial charge on any atom is -0.379 e. The molecule has 10 heteroatoms. The van der Waals surface area contributed by atoms with Crippen molar-refractivity contribution in [3.63, 3.8) is 0 Å². The smallest absolute Gasteiger partial charge is 0.379 e. The molecule has 1 aromatic carbocycles. The van der Waals surface area contributed by atoms with E-state index in [1.54, 1.807) is 0 Å². The third kappa shape index (κ3) is 5.70. The number of ether oxygens (including phenoxy) is 1. The molecule has 0 saturated carbocycles. The maximum atomic E-state index is 12.8. The summed E-state index contributed by atoms with van der Waals surface area (Å²) in [5.41, 5.74) is -0.107. The Balaban J connectivity index is 1.47. The Morgan fingerprint density at radius 3 is 2.79 bits per heavy atom. The van der Waals surface area contributed by atoms with Crippen LogP contribution >= 0.6 is 0 Å². The zero-order valence-electron chi connectivity index (χ0n) is 15.2. The Labute approximate surface area is 160 Å². The highest BCUT2D eigenvalue weighted by molar-refractivity contribution is 5.88. The summed E-state index contributed by atoms with van der Waals surface area (Å²) in [6.07, 6.45) is -0.765. The van der Waals surface area contributed by atoms with Gasteiger partial charge in [0.2, 0.25) is 0 Å². The van der Waals surface area contributed by atoms with E-state index in [0.717, 1.165) is 51.4 Å². The minimum atomic E-state index is -4.43. The second kappa shape index (κ2) is 9.07. The molecule has 0 atom stereocenters. The Kier molecular flexibility index (Phi) is 6.53. The normalized spacial score (nSPS) is 15.4. The van der Waals surface area contributed by atoms with Crippen LogP contribution in [0.5, 0.6) is 0 Å². The van der Waals surface area contributed by atoms with Gasteiger partial charge in [0.25, 0.3) is 0 Å². The molecule has 3 rings (SSSR count). The molecule has 0 radical (unpaired) electrons. The van der Waals surface area contributed by atoms with Gasteiger partial charge < -0.3 is 15.4 Å². The molecular formula is C18H22F3N5O2. The lowest BCUT2D eigenvalue weighted by molar-refractivity contribution is -0.137. The van der Waals surface area contributed by atoms with Gasteiger partial charge in [-0.2, -0.15) is 18.3 Å². The molecule has 0 bridgehead atoms. The monoisotopic (exact) mass is 397 g/mol. The van der Waals surface area contributed by atoms with E-state index < -0.39 is 11.7 Å². The van der Waals surface area contributed by atoms with Crippen molar-refractivity contribution in [2.45, 2.75) is 12.6 Å². The Bertz CT molecular complexity index is 788. The second-order valence-electron chi connectivity index (χ2n) is 6.41. The zero-order chi connectivity index (χ0) is 20.0. The third-order valence-electron chi connectivity index (χ3n) is 4.32. The van der Waals surface area contributed by atoms with Gasteiger partial charge in [0.05, 0.1) is 42.5 Å².